The van der Waals surface area contributed by atoms with Crippen LogP contribution in [0, 0.1) is 11.8 Å². The van der Waals surface area contributed by atoms with Gasteiger partial charge in [0, 0.05) is 0 Å². The van der Waals surface area contributed by atoms with Crippen molar-refractivity contribution in [2.45, 2.75) is 79.3 Å². The van der Waals surface area contributed by atoms with E-state index in [9.17, 15) is 0 Å². The molecule has 0 saturated carbocycles. The fourth-order valence-electron chi connectivity index (χ4n) is 1.49. The van der Waals surface area contributed by atoms with Gasteiger partial charge in [-0.25, -0.2) is 0 Å². The predicted octanol–water partition coefficient (Wildman–Crippen LogP) is 5.09. The maximum atomic E-state index is 4.40. The van der Waals surface area contributed by atoms with Gasteiger partial charge in [-0.1, -0.05) is 27.7 Å². The van der Waals surface area contributed by atoms with Crippen molar-refractivity contribution < 1.29 is 0 Å². The summed E-state index contributed by atoms with van der Waals surface area (Å²) in [6.45, 7) is 13.4. The number of hydrogen-bond donors (Lipinski definition) is 0. The summed E-state index contributed by atoms with van der Waals surface area (Å²) in [6.07, 6.45) is 4.83. The maximum Gasteiger partial charge on any atom is 0.0680 e. The zero-order valence-electron chi connectivity index (χ0n) is 12.0. The standard InChI is InChI=1S/C14H30N2/c1-11(2)7-9-13(5)15-16-14(6)10-8-12(3)4/h11-14H,7-10H2,1-6H3. The molecule has 16 heavy (non-hydrogen) atoms. The molecule has 96 valence electrons. The van der Waals surface area contributed by atoms with E-state index in [1.165, 1.54) is 12.8 Å². The topological polar surface area (TPSA) is 24.7 Å². The highest BCUT2D eigenvalue weighted by molar-refractivity contribution is 4.63. The number of rotatable bonds is 8. The molecule has 0 heterocycles. The lowest BCUT2D eigenvalue weighted by Gasteiger charge is -2.10. The molecule has 0 aliphatic rings. The molecule has 0 bridgehead atoms. The third kappa shape index (κ3) is 10.1. The Morgan fingerprint density at radius 2 is 0.875 bits per heavy atom. The summed E-state index contributed by atoms with van der Waals surface area (Å²) in [5.74, 6) is 1.55. The van der Waals surface area contributed by atoms with Gasteiger partial charge in [0.15, 0.2) is 0 Å². The molecule has 0 rings (SSSR count). The van der Waals surface area contributed by atoms with Crippen LogP contribution in [0.4, 0.5) is 0 Å². The minimum atomic E-state index is 0.392. The Labute approximate surface area is 102 Å². The van der Waals surface area contributed by atoms with Crippen molar-refractivity contribution in [3.8, 4) is 0 Å². The molecular formula is C14H30N2. The van der Waals surface area contributed by atoms with Gasteiger partial charge in [0.05, 0.1) is 12.1 Å². The van der Waals surface area contributed by atoms with E-state index in [1.54, 1.807) is 0 Å². The summed E-state index contributed by atoms with van der Waals surface area (Å²) in [6, 6.07) is 0.785. The van der Waals surface area contributed by atoms with Crippen molar-refractivity contribution in [2.75, 3.05) is 0 Å². The summed E-state index contributed by atoms with van der Waals surface area (Å²) in [5.41, 5.74) is 0. The van der Waals surface area contributed by atoms with Crippen LogP contribution >= 0.6 is 0 Å². The Morgan fingerprint density at radius 3 is 1.12 bits per heavy atom. The lowest BCUT2D eigenvalue weighted by Crippen LogP contribution is -2.04. The predicted molar refractivity (Wildman–Crippen MR) is 71.9 cm³/mol. The van der Waals surface area contributed by atoms with Crippen LogP contribution < -0.4 is 0 Å². The van der Waals surface area contributed by atoms with E-state index < -0.39 is 0 Å². The zero-order valence-corrected chi connectivity index (χ0v) is 12.0. The Kier molecular flexibility index (Phi) is 8.50. The minimum Gasteiger partial charge on any atom is -0.191 e. The van der Waals surface area contributed by atoms with Gasteiger partial charge < -0.3 is 0 Å². The second-order valence-corrected chi connectivity index (χ2v) is 5.87. The van der Waals surface area contributed by atoms with Crippen molar-refractivity contribution in [3.05, 3.63) is 0 Å². The van der Waals surface area contributed by atoms with Crippen molar-refractivity contribution in [2.24, 2.45) is 22.1 Å². The molecule has 0 aromatic carbocycles. The van der Waals surface area contributed by atoms with Gasteiger partial charge in [0.2, 0.25) is 0 Å². The average Bonchev–Trinajstić information content (AvgIpc) is 2.20. The molecular weight excluding hydrogens is 196 g/mol. The second-order valence-electron chi connectivity index (χ2n) is 5.87. The first kappa shape index (κ1) is 15.6. The molecule has 0 N–H and O–H groups in total. The lowest BCUT2D eigenvalue weighted by atomic mass is 10.0. The first-order valence-corrected chi connectivity index (χ1v) is 6.81. The van der Waals surface area contributed by atoms with Gasteiger partial charge in [0.1, 0.15) is 0 Å². The molecule has 0 amide bonds. The number of nitrogens with zero attached hydrogens (tertiary/aromatic N) is 2. The van der Waals surface area contributed by atoms with Crippen LogP contribution in [0.25, 0.3) is 0 Å². The van der Waals surface area contributed by atoms with Crippen LogP contribution in [0.1, 0.15) is 67.2 Å². The normalized spacial score (nSPS) is 16.2. The van der Waals surface area contributed by atoms with E-state index in [4.69, 9.17) is 0 Å². The third-order valence-electron chi connectivity index (χ3n) is 2.78. The Hall–Kier alpha value is -0.400. The van der Waals surface area contributed by atoms with E-state index in [1.807, 2.05) is 0 Å². The molecule has 2 heteroatoms. The van der Waals surface area contributed by atoms with Crippen LogP contribution in [-0.2, 0) is 0 Å². The summed E-state index contributed by atoms with van der Waals surface area (Å²) in [7, 11) is 0. The first-order chi connectivity index (χ1) is 7.41. The van der Waals surface area contributed by atoms with Gasteiger partial charge in [-0.15, -0.1) is 0 Å². The summed E-state index contributed by atoms with van der Waals surface area (Å²) >= 11 is 0. The lowest BCUT2D eigenvalue weighted by molar-refractivity contribution is 0.474. The molecule has 0 radical (unpaired) electrons. The Bertz CT molecular complexity index is 165. The first-order valence-electron chi connectivity index (χ1n) is 6.81. The Morgan fingerprint density at radius 1 is 0.562 bits per heavy atom. The van der Waals surface area contributed by atoms with Crippen LogP contribution in [-0.4, -0.2) is 12.1 Å². The van der Waals surface area contributed by atoms with E-state index in [0.717, 1.165) is 24.7 Å². The molecule has 0 aliphatic carbocycles. The van der Waals surface area contributed by atoms with Crippen molar-refractivity contribution >= 4 is 0 Å². The Balaban J connectivity index is 3.70. The molecule has 2 atom stereocenters. The quantitative estimate of drug-likeness (QED) is 0.515. The number of azo groups is 1. The molecule has 0 saturated heterocycles. The zero-order chi connectivity index (χ0) is 12.6. The van der Waals surface area contributed by atoms with E-state index in [2.05, 4.69) is 51.8 Å². The summed E-state index contributed by atoms with van der Waals surface area (Å²) in [5, 5.41) is 8.80. The van der Waals surface area contributed by atoms with Crippen molar-refractivity contribution in [1.82, 2.24) is 0 Å². The number of hydrogen-bond acceptors (Lipinski definition) is 2. The fraction of sp³-hybridized carbons (Fsp3) is 1.00. The van der Waals surface area contributed by atoms with E-state index >= 15 is 0 Å². The van der Waals surface area contributed by atoms with E-state index in [0.29, 0.717) is 12.1 Å². The SMILES string of the molecule is CC(C)CCC(C)N=NC(C)CCC(C)C. The van der Waals surface area contributed by atoms with Gasteiger partial charge in [-0.05, 0) is 51.4 Å². The van der Waals surface area contributed by atoms with Gasteiger partial charge in [-0.2, -0.15) is 10.2 Å². The van der Waals surface area contributed by atoms with Crippen LogP contribution in [0.3, 0.4) is 0 Å². The van der Waals surface area contributed by atoms with Crippen molar-refractivity contribution in [3.63, 3.8) is 0 Å². The van der Waals surface area contributed by atoms with Crippen LogP contribution in [0.2, 0.25) is 0 Å². The average molecular weight is 226 g/mol. The van der Waals surface area contributed by atoms with E-state index in [-0.39, 0.29) is 0 Å². The van der Waals surface area contributed by atoms with Gasteiger partial charge >= 0.3 is 0 Å². The molecule has 0 aromatic rings. The largest absolute Gasteiger partial charge is 0.191 e. The molecule has 0 fully saturated rings. The molecule has 0 spiro atoms. The van der Waals surface area contributed by atoms with Crippen LogP contribution in [0.15, 0.2) is 10.2 Å². The highest BCUT2D eigenvalue weighted by Crippen LogP contribution is 2.12. The maximum absolute atomic E-state index is 4.40. The fourth-order valence-corrected chi connectivity index (χ4v) is 1.49. The molecule has 2 nitrogen and oxygen atoms in total. The second kappa shape index (κ2) is 8.72. The van der Waals surface area contributed by atoms with Gasteiger partial charge in [0.25, 0.3) is 0 Å². The monoisotopic (exact) mass is 226 g/mol. The highest BCUT2D eigenvalue weighted by Gasteiger charge is 2.04. The molecule has 0 aliphatic heterocycles. The smallest absolute Gasteiger partial charge is 0.0680 e. The minimum absolute atomic E-state index is 0.392. The highest BCUT2D eigenvalue weighted by atomic mass is 15.1. The summed E-state index contributed by atoms with van der Waals surface area (Å²) < 4.78 is 0. The molecule has 0 aromatic heterocycles. The van der Waals surface area contributed by atoms with Crippen molar-refractivity contribution in [1.29, 1.82) is 0 Å². The summed E-state index contributed by atoms with van der Waals surface area (Å²) in [4.78, 5) is 0. The third-order valence-corrected chi connectivity index (χ3v) is 2.78. The van der Waals surface area contributed by atoms with Gasteiger partial charge in [-0.3, -0.25) is 0 Å². The molecule has 2 unspecified atom stereocenters. The van der Waals surface area contributed by atoms with Crippen LogP contribution in [0.5, 0.6) is 0 Å².